The van der Waals surface area contributed by atoms with Gasteiger partial charge in [-0.1, -0.05) is 47.5 Å². The molecular weight excluding hydrogens is 926 g/mol. The van der Waals surface area contributed by atoms with E-state index >= 15 is 0 Å². The van der Waals surface area contributed by atoms with E-state index in [2.05, 4.69) is 41.7 Å². The highest BCUT2D eigenvalue weighted by Gasteiger charge is 2.26. The highest BCUT2D eigenvalue weighted by atomic mass is 35.5. The molecule has 0 heterocycles. The van der Waals surface area contributed by atoms with Crippen molar-refractivity contribution in [3.05, 3.63) is 141 Å². The Morgan fingerprint density at radius 2 is 0.984 bits per heavy atom. The van der Waals surface area contributed by atoms with Gasteiger partial charge in [-0.3, -0.25) is 28.8 Å². The summed E-state index contributed by atoms with van der Waals surface area (Å²) in [6, 6.07) is 24.1. The van der Waals surface area contributed by atoms with Gasteiger partial charge in [-0.15, -0.1) is 34.8 Å². The van der Waals surface area contributed by atoms with E-state index < -0.39 is 47.3 Å². The number of nitrogens with zero attached hydrogens (tertiary/aromatic N) is 4. The summed E-state index contributed by atoms with van der Waals surface area (Å²) in [4.78, 5) is 78.0. The molecule has 0 aromatic heterocycles. The molecule has 2 unspecified atom stereocenters. The maximum Gasteiger partial charge on any atom is 0.258 e. The van der Waals surface area contributed by atoms with Crippen molar-refractivity contribution in [2.24, 2.45) is 20.5 Å². The van der Waals surface area contributed by atoms with E-state index in [4.69, 9.17) is 58.0 Å². The molecule has 14 nitrogen and oxygen atoms in total. The number of ketones is 2. The minimum atomic E-state index is -1.62. The van der Waals surface area contributed by atoms with E-state index in [9.17, 15) is 28.8 Å². The predicted molar refractivity (Wildman–Crippen MR) is 252 cm³/mol. The fourth-order valence-electron chi connectivity index (χ4n) is 5.89. The average molecular weight is 965 g/mol. The van der Waals surface area contributed by atoms with Crippen molar-refractivity contribution in [3.8, 4) is 0 Å². The molecule has 5 aromatic rings. The van der Waals surface area contributed by atoms with Crippen molar-refractivity contribution in [1.29, 1.82) is 0 Å². The maximum atomic E-state index is 13.4. The lowest BCUT2D eigenvalue weighted by Gasteiger charge is -2.15. The Kier molecular flexibility index (Phi) is 18.1. The van der Waals surface area contributed by atoms with Gasteiger partial charge < -0.3 is 21.3 Å². The number of amides is 4. The largest absolute Gasteiger partial charge is 0.324 e. The van der Waals surface area contributed by atoms with Crippen LogP contribution in [-0.4, -0.2) is 59.0 Å². The van der Waals surface area contributed by atoms with Crippen LogP contribution in [0.5, 0.6) is 0 Å². The number of carbonyl (C=O) groups is 6. The van der Waals surface area contributed by atoms with Gasteiger partial charge in [-0.2, -0.15) is 20.5 Å². The van der Waals surface area contributed by atoms with Gasteiger partial charge in [0.15, 0.2) is 11.6 Å². The fraction of sp³-hybridized carbons (Fsp3) is 0.200. The van der Waals surface area contributed by atoms with Crippen molar-refractivity contribution < 1.29 is 28.8 Å². The highest BCUT2D eigenvalue weighted by molar-refractivity contribution is 6.33. The summed E-state index contributed by atoms with van der Waals surface area (Å²) in [5.41, 5.74) is 4.19. The Morgan fingerprint density at radius 1 is 0.531 bits per heavy atom. The van der Waals surface area contributed by atoms with Crippen molar-refractivity contribution in [2.45, 2.75) is 44.7 Å². The Hall–Kier alpha value is -6.03. The highest BCUT2D eigenvalue weighted by Crippen LogP contribution is 2.30. The zero-order valence-electron chi connectivity index (χ0n) is 34.1. The number of benzene rings is 5. The van der Waals surface area contributed by atoms with Gasteiger partial charge >= 0.3 is 0 Å². The number of azo groups is 2. The van der Waals surface area contributed by atoms with E-state index in [1.165, 1.54) is 54.6 Å². The van der Waals surface area contributed by atoms with Crippen molar-refractivity contribution in [2.75, 3.05) is 33.0 Å². The second kappa shape index (κ2) is 23.6. The van der Waals surface area contributed by atoms with Crippen molar-refractivity contribution >= 4 is 127 Å². The van der Waals surface area contributed by atoms with Gasteiger partial charge in [0.2, 0.25) is 12.1 Å². The molecular formula is C45H39Cl5N8O6. The Labute approximate surface area is 393 Å². The Morgan fingerprint density at radius 3 is 1.42 bits per heavy atom. The molecule has 0 aliphatic rings. The topological polar surface area (TPSA) is 200 Å². The van der Waals surface area contributed by atoms with Gasteiger partial charge in [0.05, 0.1) is 10.0 Å². The minimum Gasteiger partial charge on any atom is -0.324 e. The molecule has 0 bridgehead atoms. The second-order valence-corrected chi connectivity index (χ2v) is 15.8. The van der Waals surface area contributed by atoms with Crippen LogP contribution in [0, 0.1) is 0 Å². The van der Waals surface area contributed by atoms with Gasteiger partial charge in [0.1, 0.15) is 11.4 Å². The van der Waals surface area contributed by atoms with Crippen LogP contribution in [0.4, 0.5) is 34.1 Å². The molecule has 0 fully saturated rings. The summed E-state index contributed by atoms with van der Waals surface area (Å²) < 4.78 is 0. The number of nitrogens with one attached hydrogen (secondary N) is 4. The summed E-state index contributed by atoms with van der Waals surface area (Å²) in [6.07, 6.45) is 1.26. The third kappa shape index (κ3) is 13.7. The Balaban J connectivity index is 1.25. The van der Waals surface area contributed by atoms with Crippen LogP contribution in [0.1, 0.15) is 51.3 Å². The standard InChI is InChI=1S/C45H39Cl5N8O6/c1-25(59)40(57-55-38-22-29(9-12-35(38)49)42(61)51-32-7-3-5-27(19-32)15-17-46)44(63)53-34-11-14-37(31(21-34)24-48)54-45(64)41(26(2)60)58-56-39-23-30(10-13-36(39)50)43(62)52-33-8-4-6-28(20-33)16-18-47/h3-14,19-23,40-41H,15-18,24H2,1-2H3,(H,51,61)(H,52,62)(H,53,63)(H,54,64). The molecule has 64 heavy (non-hydrogen) atoms. The van der Waals surface area contributed by atoms with Crippen molar-refractivity contribution in [1.82, 2.24) is 0 Å². The molecule has 4 N–H and O–H groups in total. The van der Waals surface area contributed by atoms with E-state index in [1.54, 1.807) is 36.4 Å². The summed E-state index contributed by atoms with van der Waals surface area (Å²) in [5.74, 6) is -3.20. The first-order chi connectivity index (χ1) is 30.7. The third-order valence-corrected chi connectivity index (χ3v) is 10.5. The van der Waals surface area contributed by atoms with Gasteiger partial charge in [0.25, 0.3) is 23.6 Å². The minimum absolute atomic E-state index is 0.0365. The normalized spacial score (nSPS) is 12.1. The zero-order valence-corrected chi connectivity index (χ0v) is 37.9. The van der Waals surface area contributed by atoms with Gasteiger partial charge in [0, 0.05) is 51.5 Å². The van der Waals surface area contributed by atoms with Crippen LogP contribution in [0.3, 0.4) is 0 Å². The van der Waals surface area contributed by atoms with Crippen LogP contribution in [0.2, 0.25) is 10.0 Å². The third-order valence-electron chi connectivity index (χ3n) is 9.16. The van der Waals surface area contributed by atoms with E-state index in [0.717, 1.165) is 25.0 Å². The van der Waals surface area contributed by atoms with Crippen LogP contribution < -0.4 is 21.3 Å². The molecule has 0 radical (unpaired) electrons. The summed E-state index contributed by atoms with van der Waals surface area (Å²) in [6.45, 7) is 2.31. The number of anilines is 4. The lowest BCUT2D eigenvalue weighted by molar-refractivity contribution is -0.127. The smallest absolute Gasteiger partial charge is 0.258 e. The SMILES string of the molecule is CC(=O)C(N=Nc1cc(C(=O)Nc2cccc(CCCl)c2)ccc1Cl)C(=O)Nc1ccc(NC(=O)C(N=Nc2cc(C(=O)Nc3cccc(CCCl)c3)ccc2Cl)C(C)=O)c(CCl)c1. The first-order valence-corrected chi connectivity index (χ1v) is 21.7. The quantitative estimate of drug-likeness (QED) is 0.0360. The molecule has 5 rings (SSSR count). The predicted octanol–water partition coefficient (Wildman–Crippen LogP) is 11.2. The molecule has 0 saturated carbocycles. The summed E-state index contributed by atoms with van der Waals surface area (Å²) >= 11 is 30.6. The number of rotatable bonds is 19. The number of Topliss-reactive ketones (excluding diaryl/α,β-unsaturated/α-hetero) is 2. The molecule has 0 spiro atoms. The summed E-state index contributed by atoms with van der Waals surface area (Å²) in [7, 11) is 0. The van der Waals surface area contributed by atoms with Crippen molar-refractivity contribution in [3.63, 3.8) is 0 Å². The number of hydrogen-bond donors (Lipinski definition) is 4. The number of hydrogen-bond acceptors (Lipinski definition) is 10. The first-order valence-electron chi connectivity index (χ1n) is 19.3. The average Bonchev–Trinajstić information content (AvgIpc) is 3.25. The van der Waals surface area contributed by atoms with E-state index in [0.29, 0.717) is 41.5 Å². The Bertz CT molecular complexity index is 2640. The van der Waals surface area contributed by atoms with Gasteiger partial charge in [-0.05, 0) is 122 Å². The number of alkyl halides is 3. The van der Waals surface area contributed by atoms with Gasteiger partial charge in [-0.25, -0.2) is 0 Å². The van der Waals surface area contributed by atoms with E-state index in [-0.39, 0.29) is 49.8 Å². The molecule has 19 heteroatoms. The zero-order chi connectivity index (χ0) is 46.3. The van der Waals surface area contributed by atoms with Crippen LogP contribution in [0.15, 0.2) is 124 Å². The molecule has 4 amide bonds. The first kappa shape index (κ1) is 49.0. The van der Waals surface area contributed by atoms with Crippen LogP contribution in [0.25, 0.3) is 0 Å². The number of carbonyl (C=O) groups excluding carboxylic acids is 6. The maximum absolute atomic E-state index is 13.4. The molecule has 5 aromatic carbocycles. The molecule has 0 saturated heterocycles. The number of halogens is 5. The lowest BCUT2D eigenvalue weighted by Crippen LogP contribution is -2.32. The second-order valence-electron chi connectivity index (χ2n) is 14.0. The van der Waals surface area contributed by atoms with E-state index in [1.807, 2.05) is 12.1 Å². The molecule has 0 aliphatic carbocycles. The summed E-state index contributed by atoms with van der Waals surface area (Å²) in [5, 5.41) is 27.0. The van der Waals surface area contributed by atoms with Crippen LogP contribution in [-0.2, 0) is 37.9 Å². The lowest BCUT2D eigenvalue weighted by atomic mass is 10.1. The molecule has 2 atom stereocenters. The monoisotopic (exact) mass is 962 g/mol. The molecule has 0 aliphatic heterocycles. The van der Waals surface area contributed by atoms with Crippen LogP contribution >= 0.6 is 58.0 Å². The fourth-order valence-corrected chi connectivity index (χ4v) is 6.86. The molecule has 330 valence electrons. The number of aryl methyl sites for hydroxylation is 2.